The lowest BCUT2D eigenvalue weighted by atomic mass is 10.0. The van der Waals surface area contributed by atoms with Crippen molar-refractivity contribution in [3.05, 3.63) is 130 Å². The Hall–Kier alpha value is -4.04. The van der Waals surface area contributed by atoms with Crippen molar-refractivity contribution in [2.75, 3.05) is 62.2 Å². The molecule has 9 heteroatoms. The van der Waals surface area contributed by atoms with Crippen molar-refractivity contribution in [3.63, 3.8) is 0 Å². The van der Waals surface area contributed by atoms with Crippen LogP contribution in [0.25, 0.3) is 0 Å². The quantitative estimate of drug-likeness (QED) is 0.178. The molecule has 2 aliphatic heterocycles. The molecule has 2 fully saturated rings. The van der Waals surface area contributed by atoms with Gasteiger partial charge < -0.3 is 24.3 Å². The topological polar surface area (TPSA) is 56.3 Å². The van der Waals surface area contributed by atoms with E-state index in [4.69, 9.17) is 27.9 Å². The maximum absolute atomic E-state index is 13.8. The van der Waals surface area contributed by atoms with Gasteiger partial charge in [0, 0.05) is 73.8 Å². The van der Waals surface area contributed by atoms with Crippen LogP contribution in [-0.2, 0) is 14.3 Å². The fourth-order valence-corrected chi connectivity index (χ4v) is 6.78. The summed E-state index contributed by atoms with van der Waals surface area (Å²) in [5, 5.41) is 1.12. The van der Waals surface area contributed by atoms with E-state index in [2.05, 4.69) is 34.1 Å². The van der Waals surface area contributed by atoms with E-state index in [0.29, 0.717) is 36.2 Å². The van der Waals surface area contributed by atoms with Crippen LogP contribution in [0, 0.1) is 0 Å². The summed E-state index contributed by atoms with van der Waals surface area (Å²) >= 11 is 12.9. The molecule has 4 aromatic carbocycles. The predicted octanol–water partition coefficient (Wildman–Crippen LogP) is 7.27. The first-order valence-electron chi connectivity index (χ1n) is 16.2. The van der Waals surface area contributed by atoms with Crippen molar-refractivity contribution in [3.8, 4) is 0 Å². The molecule has 2 amide bonds. The van der Waals surface area contributed by atoms with Gasteiger partial charge in [0.25, 0.3) is 0 Å². The van der Waals surface area contributed by atoms with Crippen LogP contribution in [-0.4, -0.2) is 74.0 Å². The molecule has 7 nitrogen and oxygen atoms in total. The highest BCUT2D eigenvalue weighted by molar-refractivity contribution is 6.30. The molecule has 0 spiro atoms. The van der Waals surface area contributed by atoms with E-state index in [1.54, 1.807) is 12.1 Å². The molecule has 244 valence electrons. The van der Waals surface area contributed by atoms with Crippen LogP contribution in [0.5, 0.6) is 0 Å². The molecule has 0 aromatic heterocycles. The molecule has 2 atom stereocenters. The second-order valence-electron chi connectivity index (χ2n) is 12.0. The lowest BCUT2D eigenvalue weighted by Gasteiger charge is -2.37. The minimum absolute atomic E-state index is 0.0101. The zero-order chi connectivity index (χ0) is 32.6. The molecule has 0 N–H and O–H groups in total. The van der Waals surface area contributed by atoms with Gasteiger partial charge in [-0.05, 0) is 59.7 Å². The van der Waals surface area contributed by atoms with Crippen LogP contribution in [0.4, 0.5) is 11.4 Å². The Morgan fingerprint density at radius 2 is 0.915 bits per heavy atom. The number of hydrogen-bond acceptors (Lipinski definition) is 5. The van der Waals surface area contributed by atoms with E-state index in [0.717, 1.165) is 48.7 Å². The van der Waals surface area contributed by atoms with Crippen LogP contribution in [0.2, 0.25) is 10.0 Å². The van der Waals surface area contributed by atoms with E-state index in [9.17, 15) is 9.59 Å². The molecule has 0 bridgehead atoms. The molecule has 2 unspecified atom stereocenters. The minimum Gasteiger partial charge on any atom is -0.368 e. The fraction of sp³-hybridized carbons (Fsp3) is 0.316. The standard InChI is InChI=1S/C38H40Cl2N4O3/c39-31-11-7-9-29(25-31)35(27-37(45)43-21-17-41(18-22-43)33-13-3-1-4-14-33)47-36(30-10-8-12-32(40)26-30)28-38(46)44-23-19-42(20-24-44)34-15-5-2-6-16-34/h1-16,25-26,35-36H,17-24,27-28H2. The monoisotopic (exact) mass is 670 g/mol. The number of benzene rings is 4. The number of piperazine rings is 2. The van der Waals surface area contributed by atoms with Crippen LogP contribution in [0.15, 0.2) is 109 Å². The van der Waals surface area contributed by atoms with Gasteiger partial charge in [0.05, 0.1) is 25.0 Å². The Balaban J connectivity index is 1.17. The van der Waals surface area contributed by atoms with E-state index in [1.165, 1.54) is 0 Å². The van der Waals surface area contributed by atoms with Gasteiger partial charge in [-0.3, -0.25) is 9.59 Å². The first kappa shape index (κ1) is 32.9. The lowest BCUT2D eigenvalue weighted by Crippen LogP contribution is -2.49. The molecule has 47 heavy (non-hydrogen) atoms. The second kappa shape index (κ2) is 15.7. The molecule has 4 aromatic rings. The number of para-hydroxylation sites is 2. The maximum atomic E-state index is 13.8. The molecular weight excluding hydrogens is 631 g/mol. The van der Waals surface area contributed by atoms with Gasteiger partial charge in [-0.1, -0.05) is 83.9 Å². The number of nitrogens with zero attached hydrogens (tertiary/aromatic N) is 4. The highest BCUT2D eigenvalue weighted by atomic mass is 35.5. The molecule has 6 rings (SSSR count). The lowest BCUT2D eigenvalue weighted by molar-refractivity contribution is -0.139. The summed E-state index contributed by atoms with van der Waals surface area (Å²) in [6.07, 6.45) is -0.959. The van der Waals surface area contributed by atoms with Crippen molar-refractivity contribution in [2.24, 2.45) is 0 Å². The number of halogens is 2. The number of hydrogen-bond donors (Lipinski definition) is 0. The number of carbonyl (C=O) groups is 2. The van der Waals surface area contributed by atoms with Crippen LogP contribution >= 0.6 is 23.2 Å². The zero-order valence-corrected chi connectivity index (χ0v) is 27.9. The SMILES string of the molecule is O=C(CC(OC(CC(=O)N1CCN(c2ccccc2)CC1)c1cccc(Cl)c1)c1cccc(Cl)c1)N1CCN(c2ccccc2)CC1. The van der Waals surface area contributed by atoms with Crippen molar-refractivity contribution in [1.29, 1.82) is 0 Å². The minimum atomic E-state index is -0.611. The third-order valence-corrected chi connectivity index (χ3v) is 9.47. The molecule has 2 aliphatic rings. The van der Waals surface area contributed by atoms with E-state index in [1.807, 2.05) is 82.6 Å². The Morgan fingerprint density at radius 3 is 1.28 bits per heavy atom. The summed E-state index contributed by atoms with van der Waals surface area (Å²) in [7, 11) is 0. The average Bonchev–Trinajstić information content (AvgIpc) is 3.12. The van der Waals surface area contributed by atoms with Gasteiger partial charge >= 0.3 is 0 Å². The van der Waals surface area contributed by atoms with Gasteiger partial charge in [-0.2, -0.15) is 0 Å². The number of carbonyl (C=O) groups excluding carboxylic acids is 2. The van der Waals surface area contributed by atoms with Gasteiger partial charge in [0.2, 0.25) is 11.8 Å². The molecule has 0 saturated carbocycles. The number of anilines is 2. The summed E-state index contributed by atoms with van der Waals surface area (Å²) in [6.45, 7) is 5.54. The maximum Gasteiger partial charge on any atom is 0.225 e. The normalized spacial score (nSPS) is 16.6. The highest BCUT2D eigenvalue weighted by Gasteiger charge is 2.30. The predicted molar refractivity (Wildman–Crippen MR) is 189 cm³/mol. The first-order valence-corrected chi connectivity index (χ1v) is 17.0. The molecule has 0 aliphatic carbocycles. The highest BCUT2D eigenvalue weighted by Crippen LogP contribution is 2.35. The Morgan fingerprint density at radius 1 is 0.532 bits per heavy atom. The Labute approximate surface area is 287 Å². The summed E-state index contributed by atoms with van der Waals surface area (Å²) in [4.78, 5) is 36.0. The molecular formula is C38H40Cl2N4O3. The fourth-order valence-electron chi connectivity index (χ4n) is 6.38. The number of rotatable bonds is 10. The first-order chi connectivity index (χ1) is 22.9. The van der Waals surface area contributed by atoms with Crippen molar-refractivity contribution < 1.29 is 14.3 Å². The van der Waals surface area contributed by atoms with Crippen molar-refractivity contribution in [2.45, 2.75) is 25.0 Å². The average molecular weight is 672 g/mol. The van der Waals surface area contributed by atoms with Crippen molar-refractivity contribution >= 4 is 46.4 Å². The summed E-state index contributed by atoms with van der Waals surface area (Å²) in [6, 6.07) is 35.4. The summed E-state index contributed by atoms with van der Waals surface area (Å²) < 4.78 is 6.80. The smallest absolute Gasteiger partial charge is 0.225 e. The van der Waals surface area contributed by atoms with Gasteiger partial charge in [-0.15, -0.1) is 0 Å². The van der Waals surface area contributed by atoms with E-state index >= 15 is 0 Å². The third-order valence-electron chi connectivity index (χ3n) is 9.00. The number of amides is 2. The van der Waals surface area contributed by atoms with Crippen LogP contribution in [0.1, 0.15) is 36.2 Å². The van der Waals surface area contributed by atoms with Gasteiger partial charge in [-0.25, -0.2) is 0 Å². The summed E-state index contributed by atoms with van der Waals surface area (Å²) in [5.74, 6) is 0.0202. The Bertz CT molecular complexity index is 1500. The van der Waals surface area contributed by atoms with Crippen LogP contribution < -0.4 is 9.80 Å². The number of ether oxygens (including phenoxy) is 1. The largest absolute Gasteiger partial charge is 0.368 e. The second-order valence-corrected chi connectivity index (χ2v) is 12.9. The van der Waals surface area contributed by atoms with E-state index < -0.39 is 12.2 Å². The zero-order valence-electron chi connectivity index (χ0n) is 26.4. The van der Waals surface area contributed by atoms with Crippen molar-refractivity contribution in [1.82, 2.24) is 9.80 Å². The van der Waals surface area contributed by atoms with Gasteiger partial charge in [0.15, 0.2) is 0 Å². The molecule has 2 heterocycles. The molecule has 2 saturated heterocycles. The summed E-state index contributed by atoms with van der Waals surface area (Å²) in [5.41, 5.74) is 3.92. The van der Waals surface area contributed by atoms with Gasteiger partial charge in [0.1, 0.15) is 0 Å². The van der Waals surface area contributed by atoms with Crippen LogP contribution in [0.3, 0.4) is 0 Å². The Kier molecular flexibility index (Phi) is 11.0. The molecule has 0 radical (unpaired) electrons. The third kappa shape index (κ3) is 8.66. The van der Waals surface area contributed by atoms with E-state index in [-0.39, 0.29) is 24.7 Å².